The van der Waals surface area contributed by atoms with Crippen LogP contribution in [0.2, 0.25) is 0 Å². The molecule has 1 fully saturated rings. The summed E-state index contributed by atoms with van der Waals surface area (Å²) in [6.07, 6.45) is 4.34. The predicted octanol–water partition coefficient (Wildman–Crippen LogP) is 4.80. The van der Waals surface area contributed by atoms with Crippen molar-refractivity contribution in [2.75, 3.05) is 4.90 Å². The fraction of sp³-hybridized carbons (Fsp3) is 0.417. The van der Waals surface area contributed by atoms with Crippen molar-refractivity contribution < 1.29 is 9.59 Å². The Morgan fingerprint density at radius 1 is 1.17 bits per heavy atom. The van der Waals surface area contributed by atoms with Crippen molar-refractivity contribution in [3.8, 4) is 0 Å². The molecule has 2 aliphatic rings. The number of benzene rings is 1. The highest BCUT2D eigenvalue weighted by atomic mass is 32.1. The van der Waals surface area contributed by atoms with Crippen LogP contribution in [0.5, 0.6) is 0 Å². The minimum absolute atomic E-state index is 0.0632. The van der Waals surface area contributed by atoms with Gasteiger partial charge < -0.3 is 9.88 Å². The molecule has 6 heteroatoms. The molecule has 0 spiro atoms. The molecule has 1 atom stereocenters. The van der Waals surface area contributed by atoms with Gasteiger partial charge in [0, 0.05) is 17.1 Å². The van der Waals surface area contributed by atoms with E-state index in [9.17, 15) is 9.59 Å². The summed E-state index contributed by atoms with van der Waals surface area (Å²) in [5, 5.41) is 6.36. The van der Waals surface area contributed by atoms with Gasteiger partial charge in [0.1, 0.15) is 16.1 Å². The number of aromatic nitrogens is 1. The monoisotopic (exact) mass is 421 g/mol. The topological polar surface area (TPSA) is 54.3 Å². The lowest BCUT2D eigenvalue weighted by molar-refractivity contribution is -0.127. The van der Waals surface area contributed by atoms with Gasteiger partial charge in [0.25, 0.3) is 5.91 Å². The molecule has 5 rings (SSSR count). The standard InChI is InChI=1S/C24H27N3O2S/c1-15-8-9-19(16(2)12-15)27-21(28)20-13-17-10-11-30-22(17)26(20)14-24(27,3)23(29)25-18-6-4-5-7-18/h8-13,18H,4-7,14H2,1-3H3,(H,25,29). The summed E-state index contributed by atoms with van der Waals surface area (Å²) in [5.74, 6) is -0.174. The van der Waals surface area contributed by atoms with E-state index in [2.05, 4.69) is 11.4 Å². The van der Waals surface area contributed by atoms with Gasteiger partial charge in [-0.1, -0.05) is 30.5 Å². The lowest BCUT2D eigenvalue weighted by atomic mass is 9.92. The average molecular weight is 422 g/mol. The highest BCUT2D eigenvalue weighted by Gasteiger charge is 2.49. The molecular weight excluding hydrogens is 394 g/mol. The molecule has 3 heterocycles. The van der Waals surface area contributed by atoms with Gasteiger partial charge in [0.05, 0.1) is 6.54 Å². The second-order valence-electron chi connectivity index (χ2n) is 8.96. The van der Waals surface area contributed by atoms with Crippen molar-refractivity contribution in [3.63, 3.8) is 0 Å². The van der Waals surface area contributed by atoms with E-state index in [-0.39, 0.29) is 17.9 Å². The zero-order valence-corrected chi connectivity index (χ0v) is 18.5. The van der Waals surface area contributed by atoms with E-state index in [1.54, 1.807) is 16.2 Å². The van der Waals surface area contributed by atoms with Crippen molar-refractivity contribution in [3.05, 3.63) is 52.5 Å². The van der Waals surface area contributed by atoms with Crippen LogP contribution in [-0.2, 0) is 11.3 Å². The number of amides is 2. The van der Waals surface area contributed by atoms with Crippen molar-refractivity contribution >= 4 is 39.1 Å². The smallest absolute Gasteiger partial charge is 0.275 e. The second kappa shape index (κ2) is 6.98. The van der Waals surface area contributed by atoms with Crippen LogP contribution in [0, 0.1) is 13.8 Å². The van der Waals surface area contributed by atoms with Gasteiger partial charge in [-0.05, 0) is 62.8 Å². The Hall–Kier alpha value is -2.60. The average Bonchev–Trinajstić information content (AvgIpc) is 3.42. The molecule has 1 saturated carbocycles. The minimum atomic E-state index is -0.997. The fourth-order valence-electron chi connectivity index (χ4n) is 5.04. The van der Waals surface area contributed by atoms with E-state index in [0.717, 1.165) is 52.7 Å². The summed E-state index contributed by atoms with van der Waals surface area (Å²) in [4.78, 5) is 30.3. The SMILES string of the molecule is Cc1ccc(N2C(=O)c3cc4ccsc4n3CC2(C)C(=O)NC2CCCC2)c(C)c1. The quantitative estimate of drug-likeness (QED) is 0.661. The molecular formula is C24H27N3O2S. The molecule has 3 aromatic rings. The number of nitrogens with one attached hydrogen (secondary N) is 1. The normalized spacial score (nSPS) is 22.0. The fourth-order valence-corrected chi connectivity index (χ4v) is 5.94. The number of nitrogens with zero attached hydrogens (tertiary/aromatic N) is 2. The lowest BCUT2D eigenvalue weighted by Crippen LogP contribution is -2.65. The van der Waals surface area contributed by atoms with E-state index in [0.29, 0.717) is 12.2 Å². The van der Waals surface area contributed by atoms with E-state index in [4.69, 9.17) is 0 Å². The second-order valence-corrected chi connectivity index (χ2v) is 9.85. The zero-order chi connectivity index (χ0) is 21.0. The van der Waals surface area contributed by atoms with Crippen LogP contribution in [0.4, 0.5) is 5.69 Å². The van der Waals surface area contributed by atoms with Crippen LogP contribution in [0.25, 0.3) is 10.2 Å². The number of hydrogen-bond acceptors (Lipinski definition) is 3. The first-order valence-corrected chi connectivity index (χ1v) is 11.6. The Balaban J connectivity index is 1.65. The van der Waals surface area contributed by atoms with Gasteiger partial charge in [-0.2, -0.15) is 0 Å². The first kappa shape index (κ1) is 19.4. The third kappa shape index (κ3) is 2.88. The predicted molar refractivity (Wildman–Crippen MR) is 121 cm³/mol. The summed E-state index contributed by atoms with van der Waals surface area (Å²) in [7, 11) is 0. The lowest BCUT2D eigenvalue weighted by Gasteiger charge is -2.45. The van der Waals surface area contributed by atoms with Crippen LogP contribution in [0.1, 0.15) is 54.2 Å². The summed E-state index contributed by atoms with van der Waals surface area (Å²) >= 11 is 1.62. The maximum absolute atomic E-state index is 13.8. The number of hydrogen-bond donors (Lipinski definition) is 1. The van der Waals surface area contributed by atoms with Crippen LogP contribution in [-0.4, -0.2) is 28.0 Å². The van der Waals surface area contributed by atoms with Gasteiger partial charge in [0.15, 0.2) is 0 Å². The molecule has 30 heavy (non-hydrogen) atoms. The molecule has 0 saturated heterocycles. The van der Waals surface area contributed by atoms with Gasteiger partial charge in [-0.15, -0.1) is 11.3 Å². The molecule has 1 N–H and O–H groups in total. The summed E-state index contributed by atoms with van der Waals surface area (Å²) in [6, 6.07) is 10.3. The number of thiophene rings is 1. The van der Waals surface area contributed by atoms with Gasteiger partial charge in [-0.3, -0.25) is 14.5 Å². The highest BCUT2D eigenvalue weighted by Crippen LogP contribution is 2.39. The molecule has 156 valence electrons. The Kier molecular flexibility index (Phi) is 4.51. The molecule has 1 unspecified atom stereocenters. The summed E-state index contributed by atoms with van der Waals surface area (Å²) in [5.41, 5.74) is 2.61. The molecule has 0 bridgehead atoms. The molecule has 2 aromatic heterocycles. The number of carbonyl (C=O) groups is 2. The van der Waals surface area contributed by atoms with Gasteiger partial charge in [0.2, 0.25) is 5.91 Å². The van der Waals surface area contributed by atoms with Crippen molar-refractivity contribution in [1.82, 2.24) is 9.88 Å². The minimum Gasteiger partial charge on any atom is -0.351 e. The summed E-state index contributed by atoms with van der Waals surface area (Å²) in [6.45, 7) is 6.41. The number of carbonyl (C=O) groups excluding carboxylic acids is 2. The molecule has 2 amide bonds. The number of aryl methyl sites for hydroxylation is 2. The van der Waals surface area contributed by atoms with Crippen LogP contribution in [0.3, 0.4) is 0 Å². The Morgan fingerprint density at radius 2 is 1.93 bits per heavy atom. The van der Waals surface area contributed by atoms with Crippen molar-refractivity contribution in [2.24, 2.45) is 0 Å². The molecule has 1 aliphatic carbocycles. The molecule has 1 aromatic carbocycles. The first-order valence-electron chi connectivity index (χ1n) is 10.7. The van der Waals surface area contributed by atoms with Gasteiger partial charge in [-0.25, -0.2) is 0 Å². The van der Waals surface area contributed by atoms with E-state index >= 15 is 0 Å². The third-order valence-electron chi connectivity index (χ3n) is 6.66. The van der Waals surface area contributed by atoms with Crippen LogP contribution >= 0.6 is 11.3 Å². The van der Waals surface area contributed by atoms with Crippen LogP contribution < -0.4 is 10.2 Å². The van der Waals surface area contributed by atoms with E-state index < -0.39 is 5.54 Å². The Bertz CT molecular complexity index is 1150. The van der Waals surface area contributed by atoms with Gasteiger partial charge >= 0.3 is 0 Å². The maximum atomic E-state index is 13.8. The number of fused-ring (bicyclic) bond motifs is 3. The zero-order valence-electron chi connectivity index (χ0n) is 17.7. The first-order chi connectivity index (χ1) is 14.4. The van der Waals surface area contributed by atoms with Crippen molar-refractivity contribution in [1.29, 1.82) is 0 Å². The Morgan fingerprint density at radius 3 is 2.67 bits per heavy atom. The largest absolute Gasteiger partial charge is 0.351 e. The van der Waals surface area contributed by atoms with Crippen LogP contribution in [0.15, 0.2) is 35.7 Å². The molecule has 0 radical (unpaired) electrons. The highest BCUT2D eigenvalue weighted by molar-refractivity contribution is 7.16. The third-order valence-corrected chi connectivity index (χ3v) is 7.61. The van der Waals surface area contributed by atoms with E-state index in [1.165, 1.54) is 0 Å². The number of rotatable bonds is 3. The number of anilines is 1. The van der Waals surface area contributed by atoms with E-state index in [1.807, 2.05) is 55.0 Å². The molecule has 5 nitrogen and oxygen atoms in total. The molecule has 1 aliphatic heterocycles. The Labute approximate surface area is 180 Å². The van der Waals surface area contributed by atoms with Crippen molar-refractivity contribution in [2.45, 2.75) is 64.6 Å². The maximum Gasteiger partial charge on any atom is 0.275 e. The summed E-state index contributed by atoms with van der Waals surface area (Å²) < 4.78 is 2.04.